The second-order valence-electron chi connectivity index (χ2n) is 8.15. The molecule has 30 heavy (non-hydrogen) atoms. The van der Waals surface area contributed by atoms with E-state index in [4.69, 9.17) is 0 Å². The first kappa shape index (κ1) is 20.6. The van der Waals surface area contributed by atoms with E-state index in [1.807, 2.05) is 37.8 Å². The van der Waals surface area contributed by atoms with Crippen molar-refractivity contribution in [2.24, 2.45) is 0 Å². The molecule has 2 aliphatic rings. The molecule has 1 amide bonds. The lowest BCUT2D eigenvalue weighted by Gasteiger charge is -2.35. The number of anilines is 2. The van der Waals surface area contributed by atoms with Crippen LogP contribution in [0.1, 0.15) is 34.4 Å². The van der Waals surface area contributed by atoms with Crippen LogP contribution in [0.5, 0.6) is 0 Å². The number of hydrogen-bond donors (Lipinski definition) is 0. The minimum atomic E-state index is -3.34. The number of aromatic nitrogens is 2. The lowest BCUT2D eigenvalue weighted by atomic mass is 10.1. The Morgan fingerprint density at radius 3 is 2.40 bits per heavy atom. The first-order valence-electron chi connectivity index (χ1n) is 10.1. The maximum absolute atomic E-state index is 13.1. The first-order valence-corrected chi connectivity index (χ1v) is 12.0. The van der Waals surface area contributed by atoms with Crippen molar-refractivity contribution in [1.82, 2.24) is 14.9 Å². The average molecular weight is 430 g/mol. The van der Waals surface area contributed by atoms with E-state index in [2.05, 4.69) is 14.9 Å². The predicted octanol–water partition coefficient (Wildman–Crippen LogP) is 1.77. The molecule has 0 aliphatic carbocycles. The monoisotopic (exact) mass is 429 g/mol. The summed E-state index contributed by atoms with van der Waals surface area (Å²) in [6.07, 6.45) is 1.83. The lowest BCUT2D eigenvalue weighted by Crippen LogP contribution is -2.49. The van der Waals surface area contributed by atoms with E-state index in [0.717, 1.165) is 22.9 Å². The third kappa shape index (κ3) is 3.86. The van der Waals surface area contributed by atoms with Crippen molar-refractivity contribution < 1.29 is 13.2 Å². The molecule has 1 atom stereocenters. The molecular formula is C21H27N5O3S. The second kappa shape index (κ2) is 7.54. The number of carbonyl (C=O) groups excluding carboxylic acids is 1. The van der Waals surface area contributed by atoms with Gasteiger partial charge in [0, 0.05) is 49.5 Å². The van der Waals surface area contributed by atoms with Gasteiger partial charge in [0.05, 0.1) is 11.9 Å². The van der Waals surface area contributed by atoms with E-state index in [9.17, 15) is 13.2 Å². The minimum absolute atomic E-state index is 0.0158. The second-order valence-corrected chi connectivity index (χ2v) is 10.0. The van der Waals surface area contributed by atoms with Crippen molar-refractivity contribution in [2.45, 2.75) is 33.2 Å². The molecule has 2 aromatic rings. The molecule has 0 bridgehead atoms. The maximum Gasteiger partial charge on any atom is 0.253 e. The zero-order valence-corrected chi connectivity index (χ0v) is 18.6. The normalized spacial score (nSPS) is 19.2. The third-order valence-corrected chi connectivity index (χ3v) is 6.95. The minimum Gasteiger partial charge on any atom is -0.353 e. The van der Waals surface area contributed by atoms with Crippen LogP contribution in [0, 0.1) is 13.8 Å². The van der Waals surface area contributed by atoms with E-state index >= 15 is 0 Å². The number of sulfonamides is 1. The Labute approximate surface area is 177 Å². The van der Waals surface area contributed by atoms with Crippen molar-refractivity contribution >= 4 is 27.4 Å². The van der Waals surface area contributed by atoms with Gasteiger partial charge in [0.1, 0.15) is 11.6 Å². The fourth-order valence-electron chi connectivity index (χ4n) is 4.42. The van der Waals surface area contributed by atoms with E-state index in [-0.39, 0.29) is 11.9 Å². The number of benzene rings is 1. The zero-order valence-electron chi connectivity index (χ0n) is 17.8. The summed E-state index contributed by atoms with van der Waals surface area (Å²) in [4.78, 5) is 25.9. The van der Waals surface area contributed by atoms with Gasteiger partial charge in [-0.05, 0) is 51.0 Å². The van der Waals surface area contributed by atoms with E-state index in [0.29, 0.717) is 43.9 Å². The van der Waals surface area contributed by atoms with Crippen LogP contribution in [-0.4, -0.2) is 67.7 Å². The Hall–Kier alpha value is -2.68. The van der Waals surface area contributed by atoms with Crippen LogP contribution < -0.4 is 9.21 Å². The Morgan fingerprint density at radius 2 is 1.77 bits per heavy atom. The largest absolute Gasteiger partial charge is 0.353 e. The van der Waals surface area contributed by atoms with Gasteiger partial charge in [-0.1, -0.05) is 0 Å². The summed E-state index contributed by atoms with van der Waals surface area (Å²) in [5.74, 6) is 1.64. The van der Waals surface area contributed by atoms with Crippen LogP contribution in [0.4, 0.5) is 11.5 Å². The zero-order chi connectivity index (χ0) is 21.6. The van der Waals surface area contributed by atoms with Crippen molar-refractivity contribution in [3.8, 4) is 0 Å². The fourth-order valence-corrected chi connectivity index (χ4v) is 5.69. The van der Waals surface area contributed by atoms with Crippen LogP contribution in [0.2, 0.25) is 0 Å². The van der Waals surface area contributed by atoms with Gasteiger partial charge in [0.2, 0.25) is 10.0 Å². The van der Waals surface area contributed by atoms with Crippen LogP contribution in [-0.2, 0) is 16.4 Å². The third-order valence-electron chi connectivity index (χ3n) is 5.68. The highest BCUT2D eigenvalue weighted by Crippen LogP contribution is 2.35. The summed E-state index contributed by atoms with van der Waals surface area (Å²) >= 11 is 0. The van der Waals surface area contributed by atoms with E-state index in [1.165, 1.54) is 10.6 Å². The summed E-state index contributed by atoms with van der Waals surface area (Å²) in [6.45, 7) is 8.39. The predicted molar refractivity (Wildman–Crippen MR) is 117 cm³/mol. The highest BCUT2D eigenvalue weighted by molar-refractivity contribution is 7.92. The van der Waals surface area contributed by atoms with Gasteiger partial charge in [-0.25, -0.2) is 18.4 Å². The molecule has 1 aromatic heterocycles. The van der Waals surface area contributed by atoms with Gasteiger partial charge in [0.15, 0.2) is 0 Å². The van der Waals surface area contributed by atoms with Gasteiger partial charge in [-0.2, -0.15) is 0 Å². The maximum atomic E-state index is 13.1. The van der Waals surface area contributed by atoms with Crippen LogP contribution in [0.3, 0.4) is 0 Å². The molecule has 0 saturated carbocycles. The van der Waals surface area contributed by atoms with Gasteiger partial charge >= 0.3 is 0 Å². The molecule has 9 heteroatoms. The molecule has 4 rings (SSSR count). The van der Waals surface area contributed by atoms with E-state index < -0.39 is 10.0 Å². The quantitative estimate of drug-likeness (QED) is 0.739. The highest BCUT2D eigenvalue weighted by Gasteiger charge is 2.33. The molecule has 0 spiro atoms. The van der Waals surface area contributed by atoms with Crippen molar-refractivity contribution in [2.75, 3.05) is 41.6 Å². The van der Waals surface area contributed by atoms with Gasteiger partial charge in [-0.15, -0.1) is 0 Å². The van der Waals surface area contributed by atoms with Gasteiger partial charge < -0.3 is 9.80 Å². The average Bonchev–Trinajstić information content (AvgIpc) is 3.02. The van der Waals surface area contributed by atoms with Gasteiger partial charge in [0.25, 0.3) is 5.91 Å². The number of aryl methyl sites for hydroxylation is 2. The Balaban J connectivity index is 1.47. The lowest BCUT2D eigenvalue weighted by molar-refractivity contribution is 0.0746. The molecule has 8 nitrogen and oxygen atoms in total. The SMILES string of the molecule is Cc1cc(N2CCN(C(=O)c3ccc4c(c3)CC(C)N4S(C)(=O)=O)CC2)nc(C)n1. The summed E-state index contributed by atoms with van der Waals surface area (Å²) in [7, 11) is -3.34. The Bertz CT molecular complexity index is 1070. The molecule has 1 aromatic carbocycles. The smallest absolute Gasteiger partial charge is 0.253 e. The van der Waals surface area contributed by atoms with Crippen LogP contribution >= 0.6 is 0 Å². The number of carbonyl (C=O) groups is 1. The summed E-state index contributed by atoms with van der Waals surface area (Å²) < 4.78 is 25.6. The number of amides is 1. The number of fused-ring (bicyclic) bond motifs is 1. The molecule has 1 unspecified atom stereocenters. The molecule has 0 radical (unpaired) electrons. The number of hydrogen-bond acceptors (Lipinski definition) is 6. The summed E-state index contributed by atoms with van der Waals surface area (Å²) in [5.41, 5.74) is 3.13. The summed E-state index contributed by atoms with van der Waals surface area (Å²) in [5, 5.41) is 0. The topological polar surface area (TPSA) is 86.7 Å². The molecule has 0 N–H and O–H groups in total. The van der Waals surface area contributed by atoms with Crippen LogP contribution in [0.25, 0.3) is 0 Å². The van der Waals surface area contributed by atoms with E-state index in [1.54, 1.807) is 12.1 Å². The fraction of sp³-hybridized carbons (Fsp3) is 0.476. The number of rotatable bonds is 3. The molecule has 1 saturated heterocycles. The molecule has 3 heterocycles. The number of piperazine rings is 1. The van der Waals surface area contributed by atoms with Crippen molar-refractivity contribution in [1.29, 1.82) is 0 Å². The Morgan fingerprint density at radius 1 is 1.07 bits per heavy atom. The first-order chi connectivity index (χ1) is 14.1. The van der Waals surface area contributed by atoms with Crippen LogP contribution in [0.15, 0.2) is 24.3 Å². The molecule has 2 aliphatic heterocycles. The van der Waals surface area contributed by atoms with Crippen molar-refractivity contribution in [3.63, 3.8) is 0 Å². The van der Waals surface area contributed by atoms with Gasteiger partial charge in [-0.3, -0.25) is 9.10 Å². The Kier molecular flexibility index (Phi) is 5.17. The molecular weight excluding hydrogens is 402 g/mol. The standard InChI is InChI=1S/C21H27N5O3S/c1-14-11-20(23-16(3)22-14)24-7-9-25(10-8-24)21(27)17-5-6-19-18(13-17)12-15(2)26(19)30(4,28)29/h5-6,11,13,15H,7-10,12H2,1-4H3. The summed E-state index contributed by atoms with van der Waals surface area (Å²) in [6, 6.07) is 7.18. The molecule has 1 fully saturated rings. The number of nitrogens with zero attached hydrogens (tertiary/aromatic N) is 5. The molecule has 160 valence electrons. The highest BCUT2D eigenvalue weighted by atomic mass is 32.2. The van der Waals surface area contributed by atoms with Crippen molar-refractivity contribution in [3.05, 3.63) is 46.9 Å².